The predicted molar refractivity (Wildman–Crippen MR) is 106 cm³/mol. The van der Waals surface area contributed by atoms with E-state index < -0.39 is 0 Å². The number of fused-ring (bicyclic) bond motifs is 2. The van der Waals surface area contributed by atoms with Crippen LogP contribution in [0.25, 0.3) is 0 Å². The van der Waals surface area contributed by atoms with Crippen LogP contribution in [0.1, 0.15) is 24.5 Å². The van der Waals surface area contributed by atoms with E-state index in [1.165, 1.54) is 22.9 Å². The lowest BCUT2D eigenvalue weighted by Crippen LogP contribution is -2.28. The summed E-state index contributed by atoms with van der Waals surface area (Å²) in [6, 6.07) is 16.3. The average Bonchev–Trinajstić information content (AvgIpc) is 3.06. The largest absolute Gasteiger partial charge is 0.280 e. The third-order valence-electron chi connectivity index (χ3n) is 4.64. The number of nitrogens with zero attached hydrogens (tertiary/aromatic N) is 5. The molecule has 4 rings (SSSR count). The van der Waals surface area contributed by atoms with Gasteiger partial charge in [0.1, 0.15) is 0 Å². The fourth-order valence-electron chi connectivity index (χ4n) is 3.39. The highest BCUT2D eigenvalue weighted by Gasteiger charge is 2.25. The molecule has 0 bridgehead atoms. The Balaban J connectivity index is 1.63. The van der Waals surface area contributed by atoms with E-state index in [-0.39, 0.29) is 11.7 Å². The molecule has 0 unspecified atom stereocenters. The number of hydrogen-bond acceptors (Lipinski definition) is 5. The zero-order valence-electron chi connectivity index (χ0n) is 15.2. The molecule has 1 amide bonds. The Morgan fingerprint density at radius 2 is 1.67 bits per heavy atom. The highest BCUT2D eigenvalue weighted by Crippen LogP contribution is 2.36. The SMILES string of the molecule is CCCn1nnnc1SCC(=O)N1c2ccccc2CCc2ccccc21. The maximum atomic E-state index is 13.3. The monoisotopic (exact) mass is 379 g/mol. The summed E-state index contributed by atoms with van der Waals surface area (Å²) in [5, 5.41) is 12.5. The number of thioether (sulfide) groups is 1. The fraction of sp³-hybridized carbons (Fsp3) is 0.300. The predicted octanol–water partition coefficient (Wildman–Crippen LogP) is 3.64. The third kappa shape index (κ3) is 3.60. The van der Waals surface area contributed by atoms with E-state index in [0.29, 0.717) is 5.16 Å². The van der Waals surface area contributed by atoms with E-state index >= 15 is 0 Å². The molecular weight excluding hydrogens is 358 g/mol. The second-order valence-corrected chi connectivity index (χ2v) is 7.40. The van der Waals surface area contributed by atoms with E-state index in [0.717, 1.165) is 37.2 Å². The number of carbonyl (C=O) groups is 1. The molecule has 0 saturated carbocycles. The second-order valence-electron chi connectivity index (χ2n) is 6.46. The molecule has 27 heavy (non-hydrogen) atoms. The fourth-order valence-corrected chi connectivity index (χ4v) is 4.14. The van der Waals surface area contributed by atoms with Crippen LogP contribution in [0.4, 0.5) is 11.4 Å². The highest BCUT2D eigenvalue weighted by atomic mass is 32.2. The van der Waals surface area contributed by atoms with Crippen molar-refractivity contribution in [3.05, 3.63) is 59.7 Å². The Labute approximate surface area is 162 Å². The van der Waals surface area contributed by atoms with Crippen LogP contribution in [-0.2, 0) is 24.2 Å². The Morgan fingerprint density at radius 3 is 2.30 bits per heavy atom. The van der Waals surface area contributed by atoms with Gasteiger partial charge < -0.3 is 0 Å². The first kappa shape index (κ1) is 17.7. The van der Waals surface area contributed by atoms with Crippen LogP contribution in [0, 0.1) is 0 Å². The van der Waals surface area contributed by atoms with Crippen molar-refractivity contribution in [2.45, 2.75) is 37.9 Å². The number of para-hydroxylation sites is 2. The van der Waals surface area contributed by atoms with Gasteiger partial charge in [0.05, 0.1) is 17.1 Å². The molecule has 1 aromatic heterocycles. The molecule has 0 radical (unpaired) electrons. The van der Waals surface area contributed by atoms with Crippen molar-refractivity contribution < 1.29 is 4.79 Å². The first-order valence-electron chi connectivity index (χ1n) is 9.15. The Kier molecular flexibility index (Phi) is 5.20. The lowest BCUT2D eigenvalue weighted by Gasteiger charge is -2.24. The maximum absolute atomic E-state index is 13.3. The summed E-state index contributed by atoms with van der Waals surface area (Å²) in [6.45, 7) is 2.82. The van der Waals surface area contributed by atoms with Gasteiger partial charge in [-0.1, -0.05) is 55.1 Å². The summed E-state index contributed by atoms with van der Waals surface area (Å²) < 4.78 is 1.75. The molecule has 0 atom stereocenters. The molecule has 7 heteroatoms. The number of carbonyl (C=O) groups excluding carboxylic acids is 1. The van der Waals surface area contributed by atoms with E-state index in [1.54, 1.807) is 4.68 Å². The van der Waals surface area contributed by atoms with E-state index in [2.05, 4.69) is 34.6 Å². The van der Waals surface area contributed by atoms with Gasteiger partial charge in [-0.3, -0.25) is 9.69 Å². The van der Waals surface area contributed by atoms with Crippen LogP contribution in [0.2, 0.25) is 0 Å². The van der Waals surface area contributed by atoms with Crippen LogP contribution in [0.5, 0.6) is 0 Å². The highest BCUT2D eigenvalue weighted by molar-refractivity contribution is 7.99. The van der Waals surface area contributed by atoms with Gasteiger partial charge >= 0.3 is 0 Å². The maximum Gasteiger partial charge on any atom is 0.242 e. The molecule has 0 N–H and O–H groups in total. The number of aryl methyl sites for hydroxylation is 3. The van der Waals surface area contributed by atoms with Crippen LogP contribution >= 0.6 is 11.8 Å². The summed E-state index contributed by atoms with van der Waals surface area (Å²) in [5.74, 6) is 0.320. The number of rotatable bonds is 5. The smallest absolute Gasteiger partial charge is 0.242 e. The van der Waals surface area contributed by atoms with Gasteiger partial charge in [-0.15, -0.1) is 5.10 Å². The first-order chi connectivity index (χ1) is 13.3. The lowest BCUT2D eigenvalue weighted by molar-refractivity contribution is -0.115. The van der Waals surface area contributed by atoms with Gasteiger partial charge in [0.2, 0.25) is 11.1 Å². The van der Waals surface area contributed by atoms with Crippen molar-refractivity contribution in [2.75, 3.05) is 10.7 Å². The molecule has 0 fully saturated rings. The molecule has 3 aromatic rings. The number of benzene rings is 2. The van der Waals surface area contributed by atoms with Crippen LogP contribution < -0.4 is 4.90 Å². The molecule has 6 nitrogen and oxygen atoms in total. The number of aromatic nitrogens is 4. The van der Waals surface area contributed by atoms with Crippen molar-refractivity contribution >= 4 is 29.0 Å². The lowest BCUT2D eigenvalue weighted by atomic mass is 10.0. The van der Waals surface area contributed by atoms with Gasteiger partial charge in [-0.05, 0) is 52.9 Å². The average molecular weight is 379 g/mol. The molecule has 0 aliphatic carbocycles. The summed E-state index contributed by atoms with van der Waals surface area (Å²) >= 11 is 1.39. The van der Waals surface area contributed by atoms with E-state index in [9.17, 15) is 4.79 Å². The number of amides is 1. The van der Waals surface area contributed by atoms with Crippen LogP contribution in [0.3, 0.4) is 0 Å². The van der Waals surface area contributed by atoms with Gasteiger partial charge in [-0.25, -0.2) is 4.68 Å². The minimum absolute atomic E-state index is 0.0350. The van der Waals surface area contributed by atoms with E-state index in [4.69, 9.17) is 0 Å². The third-order valence-corrected chi connectivity index (χ3v) is 5.58. The number of anilines is 2. The molecule has 0 spiro atoms. The molecule has 138 valence electrons. The standard InChI is InChI=1S/C20H21N5OS/c1-2-13-24-20(21-22-23-24)27-14-19(26)25-17-9-5-3-7-15(17)11-12-16-8-4-6-10-18(16)25/h3-10H,2,11-14H2,1H3. The van der Waals surface area contributed by atoms with Crippen LogP contribution in [-0.4, -0.2) is 31.9 Å². The van der Waals surface area contributed by atoms with Gasteiger partial charge in [0.15, 0.2) is 0 Å². The van der Waals surface area contributed by atoms with Gasteiger partial charge in [0, 0.05) is 6.54 Å². The second kappa shape index (κ2) is 7.92. The Hall–Kier alpha value is -2.67. The molecule has 2 heterocycles. The van der Waals surface area contributed by atoms with Crippen molar-refractivity contribution in [2.24, 2.45) is 0 Å². The minimum atomic E-state index is 0.0350. The van der Waals surface area contributed by atoms with Crippen molar-refractivity contribution in [3.8, 4) is 0 Å². The zero-order chi connectivity index (χ0) is 18.6. The number of tetrazole rings is 1. The molecule has 0 saturated heterocycles. The minimum Gasteiger partial charge on any atom is -0.280 e. The number of hydrogen-bond donors (Lipinski definition) is 0. The Morgan fingerprint density at radius 1 is 1.04 bits per heavy atom. The van der Waals surface area contributed by atoms with Crippen molar-refractivity contribution in [1.82, 2.24) is 20.2 Å². The normalized spacial score (nSPS) is 13.0. The van der Waals surface area contributed by atoms with Crippen molar-refractivity contribution in [3.63, 3.8) is 0 Å². The van der Waals surface area contributed by atoms with Crippen molar-refractivity contribution in [1.29, 1.82) is 0 Å². The van der Waals surface area contributed by atoms with Crippen LogP contribution in [0.15, 0.2) is 53.7 Å². The van der Waals surface area contributed by atoms with Gasteiger partial charge in [-0.2, -0.15) is 0 Å². The summed E-state index contributed by atoms with van der Waals surface area (Å²) in [5.41, 5.74) is 4.34. The van der Waals surface area contributed by atoms with Gasteiger partial charge in [0.25, 0.3) is 0 Å². The molecule has 1 aliphatic heterocycles. The molecule has 2 aromatic carbocycles. The summed E-state index contributed by atoms with van der Waals surface area (Å²) in [4.78, 5) is 15.1. The molecular formula is C20H21N5OS. The quantitative estimate of drug-likeness (QED) is 0.633. The van der Waals surface area contributed by atoms with E-state index in [1.807, 2.05) is 41.3 Å². The summed E-state index contributed by atoms with van der Waals surface area (Å²) in [7, 11) is 0. The first-order valence-corrected chi connectivity index (χ1v) is 10.1. The Bertz CT molecular complexity index is 907. The topological polar surface area (TPSA) is 63.9 Å². The summed E-state index contributed by atoms with van der Waals surface area (Å²) in [6.07, 6.45) is 2.80. The zero-order valence-corrected chi connectivity index (χ0v) is 16.0. The molecule has 1 aliphatic rings.